The fraction of sp³-hybridized carbons (Fsp3) is 0.118. The van der Waals surface area contributed by atoms with Crippen LogP contribution in [0, 0.1) is 5.82 Å². The van der Waals surface area contributed by atoms with E-state index in [1.54, 1.807) is 6.20 Å². The lowest BCUT2D eigenvalue weighted by atomic mass is 9.99. The van der Waals surface area contributed by atoms with Gasteiger partial charge in [-0.15, -0.1) is 0 Å². The van der Waals surface area contributed by atoms with Crippen molar-refractivity contribution >= 4 is 22.4 Å². The maximum absolute atomic E-state index is 13.4. The lowest BCUT2D eigenvalue weighted by Crippen LogP contribution is -2.05. The number of carbonyl (C=O) groups is 1. The summed E-state index contributed by atoms with van der Waals surface area (Å²) in [6.07, 6.45) is 2.53. The Morgan fingerprint density at radius 2 is 2.05 bits per heavy atom. The van der Waals surface area contributed by atoms with Crippen molar-refractivity contribution in [3.8, 4) is 0 Å². The number of anilines is 1. The number of aromatic nitrogens is 1. The molecule has 1 aromatic heterocycles. The normalized spacial score (nSPS) is 11.0. The number of H-pyrrole nitrogens is 1. The van der Waals surface area contributed by atoms with Crippen LogP contribution in [0.15, 0.2) is 42.6 Å². The molecule has 0 aliphatic heterocycles. The lowest BCUT2D eigenvalue weighted by Gasteiger charge is -2.05. The van der Waals surface area contributed by atoms with Crippen LogP contribution in [-0.2, 0) is 6.42 Å². The molecule has 1 heterocycles. The summed E-state index contributed by atoms with van der Waals surface area (Å²) >= 11 is 0. The van der Waals surface area contributed by atoms with E-state index in [9.17, 15) is 9.18 Å². The summed E-state index contributed by atoms with van der Waals surface area (Å²) < 4.78 is 13.4. The summed E-state index contributed by atoms with van der Waals surface area (Å²) in [5, 5.41) is 0.836. The highest BCUT2D eigenvalue weighted by Gasteiger charge is 2.18. The molecule has 106 valence electrons. The van der Waals surface area contributed by atoms with Crippen molar-refractivity contribution in [1.82, 2.24) is 4.98 Å². The van der Waals surface area contributed by atoms with E-state index in [-0.39, 0.29) is 17.0 Å². The van der Waals surface area contributed by atoms with Crippen LogP contribution in [0.25, 0.3) is 10.9 Å². The van der Waals surface area contributed by atoms with Crippen molar-refractivity contribution < 1.29 is 9.18 Å². The monoisotopic (exact) mass is 282 g/mol. The number of benzene rings is 2. The summed E-state index contributed by atoms with van der Waals surface area (Å²) in [5.74, 6) is -0.742. The number of carbonyl (C=O) groups excluding carboxylic acids is 1. The van der Waals surface area contributed by atoms with Crippen molar-refractivity contribution in [3.05, 3.63) is 65.1 Å². The van der Waals surface area contributed by atoms with Gasteiger partial charge in [0.2, 0.25) is 0 Å². The van der Waals surface area contributed by atoms with Gasteiger partial charge in [-0.05, 0) is 30.2 Å². The zero-order valence-corrected chi connectivity index (χ0v) is 11.6. The van der Waals surface area contributed by atoms with E-state index in [1.165, 1.54) is 18.2 Å². The highest BCUT2D eigenvalue weighted by Crippen LogP contribution is 2.26. The third-order valence-electron chi connectivity index (χ3n) is 3.69. The molecule has 21 heavy (non-hydrogen) atoms. The van der Waals surface area contributed by atoms with Gasteiger partial charge in [0.1, 0.15) is 5.82 Å². The first-order valence-electron chi connectivity index (χ1n) is 6.80. The largest absolute Gasteiger partial charge is 0.398 e. The first-order chi connectivity index (χ1) is 10.1. The smallest absolute Gasteiger partial charge is 0.197 e. The molecule has 4 heteroatoms. The molecule has 0 fully saturated rings. The Morgan fingerprint density at radius 1 is 1.24 bits per heavy atom. The third-order valence-corrected chi connectivity index (χ3v) is 3.69. The third kappa shape index (κ3) is 2.18. The molecular weight excluding hydrogens is 267 g/mol. The summed E-state index contributed by atoms with van der Waals surface area (Å²) in [4.78, 5) is 15.8. The Balaban J connectivity index is 2.16. The van der Waals surface area contributed by atoms with E-state index >= 15 is 0 Å². The zero-order chi connectivity index (χ0) is 15.0. The van der Waals surface area contributed by atoms with E-state index in [1.807, 2.05) is 18.2 Å². The highest BCUT2D eigenvalue weighted by atomic mass is 19.1. The second-order valence-corrected chi connectivity index (χ2v) is 4.96. The number of nitrogen functional groups attached to an aromatic ring is 1. The number of fused-ring (bicyclic) bond motifs is 1. The number of aromatic amines is 1. The molecule has 0 radical (unpaired) electrons. The van der Waals surface area contributed by atoms with Crippen LogP contribution in [-0.4, -0.2) is 10.8 Å². The van der Waals surface area contributed by atoms with Crippen molar-refractivity contribution in [1.29, 1.82) is 0 Å². The summed E-state index contributed by atoms with van der Waals surface area (Å²) in [5.41, 5.74) is 8.86. The number of hydrogen-bond acceptors (Lipinski definition) is 2. The van der Waals surface area contributed by atoms with Crippen LogP contribution in [0.3, 0.4) is 0 Å². The van der Waals surface area contributed by atoms with Crippen LogP contribution in [0.2, 0.25) is 0 Å². The molecule has 0 aliphatic carbocycles. The molecule has 0 aliphatic rings. The number of rotatable bonds is 3. The fourth-order valence-corrected chi connectivity index (χ4v) is 2.57. The number of hydrogen-bond donors (Lipinski definition) is 2. The minimum Gasteiger partial charge on any atom is -0.398 e. The summed E-state index contributed by atoms with van der Waals surface area (Å²) in [6, 6.07) is 9.66. The molecule has 3 aromatic rings. The zero-order valence-electron chi connectivity index (χ0n) is 11.6. The number of ketones is 1. The van der Waals surface area contributed by atoms with Crippen LogP contribution in [0.4, 0.5) is 10.1 Å². The van der Waals surface area contributed by atoms with Crippen molar-refractivity contribution in [2.75, 3.05) is 5.73 Å². The SMILES string of the molecule is CCc1cccc2c(C(=O)c3cc(F)ccc3N)c[nH]c12. The van der Waals surface area contributed by atoms with Crippen LogP contribution >= 0.6 is 0 Å². The maximum Gasteiger partial charge on any atom is 0.197 e. The molecule has 3 rings (SSSR count). The van der Waals surface area contributed by atoms with Crippen molar-refractivity contribution in [2.24, 2.45) is 0 Å². The average molecular weight is 282 g/mol. The van der Waals surface area contributed by atoms with E-state index in [2.05, 4.69) is 11.9 Å². The predicted octanol–water partition coefficient (Wildman–Crippen LogP) is 3.68. The lowest BCUT2D eigenvalue weighted by molar-refractivity contribution is 0.104. The van der Waals surface area contributed by atoms with Gasteiger partial charge in [0.15, 0.2) is 5.78 Å². The standard InChI is InChI=1S/C17H15FN2O/c1-2-10-4-3-5-12-14(9-20-16(10)12)17(21)13-8-11(18)6-7-15(13)19/h3-9,20H,2,19H2,1H3. The maximum atomic E-state index is 13.4. The Morgan fingerprint density at radius 3 is 2.81 bits per heavy atom. The number of para-hydroxylation sites is 1. The van der Waals surface area contributed by atoms with Crippen molar-refractivity contribution in [2.45, 2.75) is 13.3 Å². The Labute approximate surface area is 121 Å². The van der Waals surface area contributed by atoms with E-state index < -0.39 is 5.82 Å². The summed E-state index contributed by atoms with van der Waals surface area (Å²) in [6.45, 7) is 2.06. The van der Waals surface area contributed by atoms with E-state index in [4.69, 9.17) is 5.73 Å². The minimum absolute atomic E-state index is 0.192. The first kappa shape index (κ1) is 13.4. The Kier molecular flexibility index (Phi) is 3.22. The van der Waals surface area contributed by atoms with Gasteiger partial charge < -0.3 is 10.7 Å². The number of nitrogens with two attached hydrogens (primary N) is 1. The Hall–Kier alpha value is -2.62. The molecule has 0 amide bonds. The summed E-state index contributed by atoms with van der Waals surface area (Å²) in [7, 11) is 0. The molecular formula is C17H15FN2O. The van der Waals surface area contributed by atoms with Crippen LogP contribution in [0.5, 0.6) is 0 Å². The van der Waals surface area contributed by atoms with Gasteiger partial charge in [0, 0.05) is 33.9 Å². The second-order valence-electron chi connectivity index (χ2n) is 4.96. The van der Waals surface area contributed by atoms with E-state index in [0.29, 0.717) is 5.56 Å². The van der Waals surface area contributed by atoms with Gasteiger partial charge in [-0.25, -0.2) is 4.39 Å². The molecule has 0 bridgehead atoms. The van der Waals surface area contributed by atoms with Crippen LogP contribution < -0.4 is 5.73 Å². The van der Waals surface area contributed by atoms with Crippen molar-refractivity contribution in [3.63, 3.8) is 0 Å². The fourth-order valence-electron chi connectivity index (χ4n) is 2.57. The number of nitrogens with one attached hydrogen (secondary N) is 1. The molecule has 3 N–H and O–H groups in total. The van der Waals surface area contributed by atoms with Gasteiger partial charge in [0.25, 0.3) is 0 Å². The molecule has 0 saturated carbocycles. The predicted molar refractivity (Wildman–Crippen MR) is 81.9 cm³/mol. The van der Waals surface area contributed by atoms with Gasteiger partial charge in [0.05, 0.1) is 0 Å². The molecule has 0 saturated heterocycles. The number of halogens is 1. The molecule has 0 spiro atoms. The number of aryl methyl sites for hydroxylation is 1. The minimum atomic E-state index is -0.471. The van der Waals surface area contributed by atoms with Gasteiger partial charge in [-0.3, -0.25) is 4.79 Å². The molecule has 2 aromatic carbocycles. The van der Waals surface area contributed by atoms with Gasteiger partial charge in [-0.1, -0.05) is 25.1 Å². The molecule has 0 atom stereocenters. The van der Waals surface area contributed by atoms with Crippen LogP contribution in [0.1, 0.15) is 28.4 Å². The molecule has 3 nitrogen and oxygen atoms in total. The molecule has 0 unspecified atom stereocenters. The van der Waals surface area contributed by atoms with E-state index in [0.717, 1.165) is 22.9 Å². The second kappa shape index (κ2) is 5.05. The van der Waals surface area contributed by atoms with Gasteiger partial charge in [-0.2, -0.15) is 0 Å². The Bertz CT molecular complexity index is 836. The highest BCUT2D eigenvalue weighted by molar-refractivity contribution is 6.18. The quantitative estimate of drug-likeness (QED) is 0.568. The topological polar surface area (TPSA) is 58.9 Å². The van der Waals surface area contributed by atoms with Gasteiger partial charge >= 0.3 is 0 Å². The average Bonchev–Trinajstić information content (AvgIpc) is 2.93. The first-order valence-corrected chi connectivity index (χ1v) is 6.80.